The second kappa shape index (κ2) is 9.25. The predicted octanol–water partition coefficient (Wildman–Crippen LogP) is 5.93. The van der Waals surface area contributed by atoms with Crippen LogP contribution in [0.25, 0.3) is 31.1 Å². The summed E-state index contributed by atoms with van der Waals surface area (Å²) < 4.78 is 5.09. The fourth-order valence-corrected chi connectivity index (χ4v) is 7.91. The van der Waals surface area contributed by atoms with Crippen LogP contribution in [-0.4, -0.2) is 24.0 Å². The van der Waals surface area contributed by atoms with Gasteiger partial charge in [-0.25, -0.2) is 9.78 Å². The highest BCUT2D eigenvalue weighted by Gasteiger charge is 2.31. The Labute approximate surface area is 229 Å². The molecule has 5 aromatic rings. The van der Waals surface area contributed by atoms with Gasteiger partial charge in [0.1, 0.15) is 32.2 Å². The van der Waals surface area contributed by atoms with Crippen molar-refractivity contribution < 1.29 is 14.3 Å². The Morgan fingerprint density at radius 3 is 2.68 bits per heavy atom. The van der Waals surface area contributed by atoms with Crippen molar-refractivity contribution in [3.63, 3.8) is 0 Å². The van der Waals surface area contributed by atoms with Crippen molar-refractivity contribution in [3.8, 4) is 27.0 Å². The number of nitriles is 1. The van der Waals surface area contributed by atoms with Gasteiger partial charge in [0.15, 0.2) is 0 Å². The number of hydrogen-bond donors (Lipinski definition) is 3. The molecule has 1 aliphatic carbocycles. The summed E-state index contributed by atoms with van der Waals surface area (Å²) in [6, 6.07) is 13.9. The van der Waals surface area contributed by atoms with Gasteiger partial charge >= 0.3 is 5.97 Å². The Hall–Kier alpha value is -4.24. The van der Waals surface area contributed by atoms with Gasteiger partial charge in [0.2, 0.25) is 0 Å². The molecule has 1 aliphatic rings. The predicted molar refractivity (Wildman–Crippen MR) is 153 cm³/mol. The number of amides is 1. The molecule has 0 unspecified atom stereocenters. The first-order valence-corrected chi connectivity index (χ1v) is 14.0. The van der Waals surface area contributed by atoms with E-state index in [-0.39, 0.29) is 21.9 Å². The molecule has 0 radical (unpaired) electrons. The minimum atomic E-state index is -0.505. The summed E-state index contributed by atoms with van der Waals surface area (Å²) in [5, 5.41) is 15.5. The number of pyridine rings is 1. The summed E-state index contributed by atoms with van der Waals surface area (Å²) in [4.78, 5) is 33.3. The molecule has 0 bridgehead atoms. The van der Waals surface area contributed by atoms with E-state index in [9.17, 15) is 14.9 Å². The summed E-state index contributed by atoms with van der Waals surface area (Å²) in [7, 11) is 1.33. The van der Waals surface area contributed by atoms with Crippen LogP contribution in [-0.2, 0) is 17.6 Å². The van der Waals surface area contributed by atoms with Gasteiger partial charge in [-0.05, 0) is 41.0 Å². The Morgan fingerprint density at radius 2 is 1.95 bits per heavy atom. The maximum atomic E-state index is 13.6. The number of nitrogen functional groups attached to an aromatic ring is 2. The molecular weight excluding hydrogens is 539 g/mol. The topological polar surface area (TPSA) is 144 Å². The molecule has 6 rings (SSSR count). The highest BCUT2D eigenvalue weighted by atomic mass is 32.1. The Bertz CT molecular complexity index is 1810. The summed E-state index contributed by atoms with van der Waals surface area (Å²) >= 11 is 3.88. The van der Waals surface area contributed by atoms with Crippen LogP contribution in [0.2, 0.25) is 0 Å². The first kappa shape index (κ1) is 24.1. The van der Waals surface area contributed by atoms with Crippen molar-refractivity contribution in [2.45, 2.75) is 12.8 Å². The maximum Gasteiger partial charge on any atom is 0.341 e. The lowest BCUT2D eigenvalue weighted by molar-refractivity contribution is 0.0601. The summed E-state index contributed by atoms with van der Waals surface area (Å²) in [5.41, 5.74) is 17.1. The smallest absolute Gasteiger partial charge is 0.341 e. The average molecular weight is 558 g/mol. The van der Waals surface area contributed by atoms with Crippen molar-refractivity contribution in [1.82, 2.24) is 4.98 Å². The largest absolute Gasteiger partial charge is 0.465 e. The van der Waals surface area contributed by atoms with E-state index in [0.717, 1.165) is 38.6 Å². The van der Waals surface area contributed by atoms with Gasteiger partial charge in [-0.15, -0.1) is 34.0 Å². The fraction of sp³-hybridized carbons (Fsp3) is 0.111. The van der Waals surface area contributed by atoms with Crippen molar-refractivity contribution in [2.24, 2.45) is 0 Å². The molecule has 11 heteroatoms. The number of methoxy groups -OCH3 is 1. The van der Waals surface area contributed by atoms with Crippen LogP contribution in [0, 0.1) is 11.3 Å². The Kier molecular flexibility index (Phi) is 5.87. The van der Waals surface area contributed by atoms with Gasteiger partial charge in [-0.2, -0.15) is 5.26 Å². The molecule has 1 amide bonds. The molecule has 0 spiro atoms. The van der Waals surface area contributed by atoms with Gasteiger partial charge in [-0.3, -0.25) is 4.79 Å². The fourth-order valence-electron chi connectivity index (χ4n) is 4.83. The van der Waals surface area contributed by atoms with Gasteiger partial charge < -0.3 is 21.5 Å². The van der Waals surface area contributed by atoms with Crippen LogP contribution in [0.1, 0.15) is 36.7 Å². The van der Waals surface area contributed by atoms with E-state index in [1.807, 2.05) is 35.7 Å². The molecule has 4 aromatic heterocycles. The monoisotopic (exact) mass is 557 g/mol. The quantitative estimate of drug-likeness (QED) is 0.232. The molecule has 38 heavy (non-hydrogen) atoms. The van der Waals surface area contributed by atoms with Crippen LogP contribution in [0.15, 0.2) is 41.8 Å². The van der Waals surface area contributed by atoms with Crippen LogP contribution < -0.4 is 16.8 Å². The molecule has 0 aliphatic heterocycles. The molecule has 0 saturated carbocycles. The number of anilines is 3. The molecule has 188 valence electrons. The summed E-state index contributed by atoms with van der Waals surface area (Å²) in [6.07, 6.45) is 1.46. The lowest BCUT2D eigenvalue weighted by Gasteiger charge is -2.16. The molecule has 0 fully saturated rings. The molecule has 8 nitrogen and oxygen atoms in total. The molecule has 4 heterocycles. The van der Waals surface area contributed by atoms with E-state index in [0.29, 0.717) is 32.8 Å². The first-order valence-electron chi connectivity index (χ1n) is 11.5. The Morgan fingerprint density at radius 1 is 1.13 bits per heavy atom. The molecule has 0 saturated heterocycles. The van der Waals surface area contributed by atoms with Crippen molar-refractivity contribution in [3.05, 3.63) is 68.9 Å². The lowest BCUT2D eigenvalue weighted by Crippen LogP contribution is -2.15. The number of rotatable bonds is 4. The number of nitrogens with zero attached hydrogens (tertiary/aromatic N) is 2. The van der Waals surface area contributed by atoms with E-state index in [1.54, 1.807) is 0 Å². The van der Waals surface area contributed by atoms with Gasteiger partial charge in [0.25, 0.3) is 5.91 Å². The molecule has 1 aromatic carbocycles. The minimum Gasteiger partial charge on any atom is -0.465 e. The summed E-state index contributed by atoms with van der Waals surface area (Å²) in [5.74, 6) is -0.902. The second-order valence-electron chi connectivity index (χ2n) is 8.58. The van der Waals surface area contributed by atoms with Crippen molar-refractivity contribution in [2.75, 3.05) is 23.9 Å². The maximum absolute atomic E-state index is 13.6. The number of benzene rings is 1. The van der Waals surface area contributed by atoms with E-state index < -0.39 is 11.9 Å². The normalized spacial score (nSPS) is 12.0. The number of esters is 1. The molecular formula is C27H19N5O3S3. The minimum absolute atomic E-state index is 0.0779. The molecule has 0 atom stereocenters. The standard InChI is InChI=1S/C27H19N5O3S3/c1-35-27(34)18-14-9-8-12-5-2-3-6-13(12)21(14)37-25(18)32-24(33)22-20(29)19-17(16-7-4-10-36-16)15(11-28)23(30)31-26(19)38-22/h2-7,10H,8-9,29H2,1H3,(H2,30,31)(H,32,33). The van der Waals surface area contributed by atoms with Crippen LogP contribution in [0.3, 0.4) is 0 Å². The highest BCUT2D eigenvalue weighted by Crippen LogP contribution is 2.47. The highest BCUT2D eigenvalue weighted by molar-refractivity contribution is 7.22. The average Bonchev–Trinajstić information content (AvgIpc) is 3.65. The van der Waals surface area contributed by atoms with E-state index in [4.69, 9.17) is 16.2 Å². The third-order valence-corrected chi connectivity index (χ3v) is 9.69. The zero-order valence-corrected chi connectivity index (χ0v) is 22.4. The number of nitrogens with one attached hydrogen (secondary N) is 1. The Balaban J connectivity index is 1.47. The van der Waals surface area contributed by atoms with E-state index in [2.05, 4.69) is 22.4 Å². The second-order valence-corrected chi connectivity index (χ2v) is 11.5. The van der Waals surface area contributed by atoms with Crippen LogP contribution in [0.4, 0.5) is 16.5 Å². The van der Waals surface area contributed by atoms with Crippen molar-refractivity contribution >= 4 is 72.6 Å². The summed E-state index contributed by atoms with van der Waals surface area (Å²) in [6.45, 7) is 0. The third-order valence-electron chi connectivity index (χ3n) is 6.52. The number of ether oxygens (including phenoxy) is 1. The number of carbonyl (C=O) groups excluding carboxylic acids is 2. The van der Waals surface area contributed by atoms with Gasteiger partial charge in [0.05, 0.1) is 18.4 Å². The number of nitrogens with two attached hydrogens (primary N) is 2. The number of hydrogen-bond acceptors (Lipinski definition) is 10. The van der Waals surface area contributed by atoms with E-state index >= 15 is 0 Å². The third kappa shape index (κ3) is 3.65. The van der Waals surface area contributed by atoms with Gasteiger partial charge in [0, 0.05) is 20.7 Å². The SMILES string of the molecule is COC(=O)c1c(NC(=O)c2sc3nc(N)c(C#N)c(-c4cccs4)c3c2N)sc2c1CCc1ccccc1-2. The van der Waals surface area contributed by atoms with Gasteiger partial charge in [-0.1, -0.05) is 30.3 Å². The zero-order valence-electron chi connectivity index (χ0n) is 20.0. The van der Waals surface area contributed by atoms with Crippen LogP contribution >= 0.6 is 34.0 Å². The van der Waals surface area contributed by atoms with Crippen molar-refractivity contribution in [1.29, 1.82) is 5.26 Å². The lowest BCUT2D eigenvalue weighted by atomic mass is 9.89. The number of aromatic nitrogens is 1. The zero-order chi connectivity index (χ0) is 26.6. The number of fused-ring (bicyclic) bond motifs is 4. The first-order chi connectivity index (χ1) is 18.4. The van der Waals surface area contributed by atoms with E-state index in [1.165, 1.54) is 35.3 Å². The number of aryl methyl sites for hydroxylation is 1. The number of carbonyl (C=O) groups is 2. The molecule has 5 N–H and O–H groups in total. The number of thiophene rings is 3. The van der Waals surface area contributed by atoms with Crippen LogP contribution in [0.5, 0.6) is 0 Å².